The van der Waals surface area contributed by atoms with Gasteiger partial charge in [0.15, 0.2) is 17.5 Å². The highest BCUT2D eigenvalue weighted by molar-refractivity contribution is 6.01. The van der Waals surface area contributed by atoms with Gasteiger partial charge in [-0.2, -0.15) is 10.2 Å². The van der Waals surface area contributed by atoms with E-state index in [9.17, 15) is 18.0 Å². The van der Waals surface area contributed by atoms with Gasteiger partial charge in [0.1, 0.15) is 0 Å². The topological polar surface area (TPSA) is 55.4 Å². The van der Waals surface area contributed by atoms with Crippen LogP contribution in [0.5, 0.6) is 0 Å². The molecule has 2 aliphatic heterocycles. The van der Waals surface area contributed by atoms with Crippen molar-refractivity contribution in [3.05, 3.63) is 77.0 Å². The third-order valence-corrected chi connectivity index (χ3v) is 6.83. The molecule has 5 heterocycles. The lowest BCUT2D eigenvalue weighted by Gasteiger charge is -2.45. The number of benzene rings is 1. The van der Waals surface area contributed by atoms with Crippen molar-refractivity contribution >= 4 is 11.4 Å². The van der Waals surface area contributed by atoms with Crippen LogP contribution < -0.4 is 0 Å². The second-order valence-electron chi connectivity index (χ2n) is 8.69. The first-order valence-corrected chi connectivity index (χ1v) is 10.9. The van der Waals surface area contributed by atoms with E-state index in [1.165, 1.54) is 0 Å². The van der Waals surface area contributed by atoms with Gasteiger partial charge in [-0.1, -0.05) is 0 Å². The van der Waals surface area contributed by atoms with Gasteiger partial charge in [-0.3, -0.25) is 9.48 Å². The molecule has 33 heavy (non-hydrogen) atoms. The highest BCUT2D eigenvalue weighted by atomic mass is 19.2. The van der Waals surface area contributed by atoms with Crippen LogP contribution in [0.1, 0.15) is 46.9 Å². The SMILES string of the molecule is Cn1nc2c(c1-c1cc(F)c(F)c(F)c1)C[C@H]1CCC[C@@H]2N1C(=O)c1ccn2ncccc12. The number of amides is 1. The molecule has 1 aromatic carbocycles. The minimum absolute atomic E-state index is 0.0616. The summed E-state index contributed by atoms with van der Waals surface area (Å²) in [6.45, 7) is 0. The summed E-state index contributed by atoms with van der Waals surface area (Å²) in [7, 11) is 1.70. The maximum atomic E-state index is 14.0. The second kappa shape index (κ2) is 7.19. The third-order valence-electron chi connectivity index (χ3n) is 6.83. The summed E-state index contributed by atoms with van der Waals surface area (Å²) in [5.74, 6) is -4.03. The molecule has 0 unspecified atom stereocenters. The number of halogens is 3. The Bertz CT molecular complexity index is 1400. The quantitative estimate of drug-likeness (QED) is 0.424. The highest BCUT2D eigenvalue weighted by Crippen LogP contribution is 2.45. The number of fused-ring (bicyclic) bond motifs is 5. The molecule has 9 heteroatoms. The Labute approximate surface area is 187 Å². The molecule has 2 atom stereocenters. The van der Waals surface area contributed by atoms with Gasteiger partial charge in [0.25, 0.3) is 5.91 Å². The Morgan fingerprint density at radius 1 is 1.12 bits per heavy atom. The molecule has 6 nitrogen and oxygen atoms in total. The minimum atomic E-state index is -1.49. The van der Waals surface area contributed by atoms with E-state index in [-0.39, 0.29) is 23.6 Å². The van der Waals surface area contributed by atoms with E-state index < -0.39 is 17.5 Å². The zero-order chi connectivity index (χ0) is 22.9. The van der Waals surface area contributed by atoms with Crippen molar-refractivity contribution in [2.24, 2.45) is 7.05 Å². The van der Waals surface area contributed by atoms with Crippen LogP contribution in [0, 0.1) is 17.5 Å². The number of aryl methyl sites for hydroxylation is 1. The molecular weight excluding hydrogens is 431 g/mol. The number of piperidine rings is 1. The standard InChI is InChI=1S/C24H20F3N5O/c1-30-23(13-10-17(25)21(27)18(26)11-13)16-12-14-4-2-5-20(22(16)29-30)32(14)24(33)15-7-9-31-19(15)6-3-8-28-31/h3,6-11,14,20H,2,4-5,12H2,1H3/t14-,20+/m1/s1. The van der Waals surface area contributed by atoms with Gasteiger partial charge in [0, 0.05) is 36.6 Å². The molecule has 2 bridgehead atoms. The molecule has 2 aliphatic rings. The molecule has 0 N–H and O–H groups in total. The van der Waals surface area contributed by atoms with Crippen LogP contribution in [-0.2, 0) is 13.5 Å². The second-order valence-corrected chi connectivity index (χ2v) is 8.69. The molecule has 168 valence electrons. The number of carbonyl (C=O) groups is 1. The molecule has 0 spiro atoms. The Morgan fingerprint density at radius 3 is 2.70 bits per heavy atom. The Hall–Kier alpha value is -3.62. The average Bonchev–Trinajstić information content (AvgIpc) is 3.37. The minimum Gasteiger partial charge on any atom is -0.327 e. The van der Waals surface area contributed by atoms with Gasteiger partial charge in [-0.15, -0.1) is 0 Å². The van der Waals surface area contributed by atoms with Crippen LogP contribution in [0.2, 0.25) is 0 Å². The molecule has 1 saturated heterocycles. The summed E-state index contributed by atoms with van der Waals surface area (Å²) < 4.78 is 44.7. The van der Waals surface area contributed by atoms with Crippen molar-refractivity contribution in [1.82, 2.24) is 24.3 Å². The summed E-state index contributed by atoms with van der Waals surface area (Å²) in [4.78, 5) is 15.6. The fraction of sp³-hybridized carbons (Fsp3) is 0.292. The largest absolute Gasteiger partial charge is 0.327 e. The van der Waals surface area contributed by atoms with Gasteiger partial charge in [-0.05, 0) is 56.0 Å². The van der Waals surface area contributed by atoms with E-state index >= 15 is 0 Å². The van der Waals surface area contributed by atoms with Crippen molar-refractivity contribution in [2.45, 2.75) is 37.8 Å². The van der Waals surface area contributed by atoms with Crippen molar-refractivity contribution in [2.75, 3.05) is 0 Å². The van der Waals surface area contributed by atoms with Crippen molar-refractivity contribution < 1.29 is 18.0 Å². The Kier molecular flexibility index (Phi) is 4.36. The lowest BCUT2D eigenvalue weighted by Crippen LogP contribution is -2.49. The molecular formula is C24H20F3N5O. The number of carbonyl (C=O) groups excluding carboxylic acids is 1. The monoisotopic (exact) mass is 451 g/mol. The van der Waals surface area contributed by atoms with E-state index in [1.54, 1.807) is 40.8 Å². The predicted molar refractivity (Wildman–Crippen MR) is 114 cm³/mol. The van der Waals surface area contributed by atoms with Crippen LogP contribution in [0.15, 0.2) is 42.7 Å². The molecule has 1 fully saturated rings. The smallest absolute Gasteiger partial charge is 0.256 e. The van der Waals surface area contributed by atoms with E-state index in [1.807, 2.05) is 11.0 Å². The van der Waals surface area contributed by atoms with Gasteiger partial charge in [0.05, 0.1) is 28.5 Å². The summed E-state index contributed by atoms with van der Waals surface area (Å²) in [5.41, 5.74) is 3.73. The third kappa shape index (κ3) is 2.91. The molecule has 6 rings (SSSR count). The van der Waals surface area contributed by atoms with Gasteiger partial charge < -0.3 is 4.90 Å². The fourth-order valence-electron chi connectivity index (χ4n) is 5.47. The van der Waals surface area contributed by atoms with Crippen molar-refractivity contribution in [3.8, 4) is 11.3 Å². The van der Waals surface area contributed by atoms with Gasteiger partial charge >= 0.3 is 0 Å². The zero-order valence-electron chi connectivity index (χ0n) is 17.8. The lowest BCUT2D eigenvalue weighted by atomic mass is 9.81. The highest BCUT2D eigenvalue weighted by Gasteiger charge is 2.44. The number of hydrogen-bond donors (Lipinski definition) is 0. The maximum Gasteiger partial charge on any atom is 0.256 e. The van der Waals surface area contributed by atoms with Crippen LogP contribution in [0.3, 0.4) is 0 Å². The maximum absolute atomic E-state index is 14.0. The predicted octanol–water partition coefficient (Wildman–Crippen LogP) is 4.44. The lowest BCUT2D eigenvalue weighted by molar-refractivity contribution is 0.0394. The van der Waals surface area contributed by atoms with Gasteiger partial charge in [-0.25, -0.2) is 17.7 Å². The number of aromatic nitrogens is 4. The van der Waals surface area contributed by atoms with Gasteiger partial charge in [0.2, 0.25) is 0 Å². The van der Waals surface area contributed by atoms with Crippen molar-refractivity contribution in [3.63, 3.8) is 0 Å². The zero-order valence-corrected chi connectivity index (χ0v) is 17.8. The fourth-order valence-corrected chi connectivity index (χ4v) is 5.47. The Balaban J connectivity index is 1.45. The first-order chi connectivity index (χ1) is 15.9. The molecule has 0 saturated carbocycles. The van der Waals surface area contributed by atoms with E-state index in [2.05, 4.69) is 10.2 Å². The molecule has 3 aromatic heterocycles. The summed E-state index contributed by atoms with van der Waals surface area (Å²) >= 11 is 0. The van der Waals surface area contributed by atoms with E-state index in [0.29, 0.717) is 17.7 Å². The summed E-state index contributed by atoms with van der Waals surface area (Å²) in [5, 5.41) is 8.92. The summed E-state index contributed by atoms with van der Waals surface area (Å²) in [6.07, 6.45) is 6.49. The van der Waals surface area contributed by atoms with Crippen LogP contribution in [-0.4, -0.2) is 36.2 Å². The normalized spacial score (nSPS) is 19.7. The number of nitrogens with zero attached hydrogens (tertiary/aromatic N) is 5. The van der Waals surface area contributed by atoms with Crippen LogP contribution in [0.4, 0.5) is 13.2 Å². The van der Waals surface area contributed by atoms with Crippen LogP contribution in [0.25, 0.3) is 16.8 Å². The first kappa shape index (κ1) is 20.0. The molecule has 1 amide bonds. The molecule has 4 aromatic rings. The van der Waals surface area contributed by atoms with Crippen molar-refractivity contribution in [1.29, 1.82) is 0 Å². The Morgan fingerprint density at radius 2 is 1.91 bits per heavy atom. The van der Waals surface area contributed by atoms with E-state index in [0.717, 1.165) is 48.2 Å². The first-order valence-electron chi connectivity index (χ1n) is 10.9. The molecule has 0 radical (unpaired) electrons. The van der Waals surface area contributed by atoms with Crippen LogP contribution >= 0.6 is 0 Å². The molecule has 0 aliphatic carbocycles. The summed E-state index contributed by atoms with van der Waals surface area (Å²) in [6, 6.07) is 7.15. The number of hydrogen-bond acceptors (Lipinski definition) is 3. The number of rotatable bonds is 2. The average molecular weight is 451 g/mol. The van der Waals surface area contributed by atoms with E-state index in [4.69, 9.17) is 0 Å².